The standard InChI is InChI=1S/C14H27NO/c1-11-5-6-13(9-12(11)2)14(16)7-4-8-15(3)10-14/h11-13,16H,4-10H2,1-3H3. The van der Waals surface area contributed by atoms with Crippen molar-refractivity contribution in [2.24, 2.45) is 17.8 Å². The van der Waals surface area contributed by atoms with Gasteiger partial charge in [0.1, 0.15) is 0 Å². The van der Waals surface area contributed by atoms with Crippen LogP contribution in [0.1, 0.15) is 46.0 Å². The zero-order valence-electron chi connectivity index (χ0n) is 11.1. The lowest BCUT2D eigenvalue weighted by Gasteiger charge is -2.46. The van der Waals surface area contributed by atoms with Gasteiger partial charge in [0.15, 0.2) is 0 Å². The van der Waals surface area contributed by atoms with Crippen molar-refractivity contribution in [1.29, 1.82) is 0 Å². The number of rotatable bonds is 1. The predicted octanol–water partition coefficient (Wildman–Crippen LogP) is 2.52. The van der Waals surface area contributed by atoms with Gasteiger partial charge >= 0.3 is 0 Å². The molecule has 2 nitrogen and oxygen atoms in total. The van der Waals surface area contributed by atoms with Crippen LogP contribution < -0.4 is 0 Å². The van der Waals surface area contributed by atoms with Gasteiger partial charge in [-0.05, 0) is 57.0 Å². The molecule has 2 rings (SSSR count). The molecule has 1 saturated carbocycles. The number of hydrogen-bond acceptors (Lipinski definition) is 2. The van der Waals surface area contributed by atoms with E-state index in [2.05, 4.69) is 25.8 Å². The molecule has 2 fully saturated rings. The highest BCUT2D eigenvalue weighted by Gasteiger charge is 2.42. The molecule has 0 radical (unpaired) electrons. The maximum atomic E-state index is 10.8. The molecule has 16 heavy (non-hydrogen) atoms. The molecule has 1 N–H and O–H groups in total. The first-order valence-corrected chi connectivity index (χ1v) is 6.92. The molecular formula is C14H27NO. The molecule has 2 aliphatic rings. The van der Waals surface area contributed by atoms with Crippen molar-refractivity contribution >= 4 is 0 Å². The Bertz CT molecular complexity index is 243. The van der Waals surface area contributed by atoms with Crippen LogP contribution in [-0.4, -0.2) is 35.7 Å². The second kappa shape index (κ2) is 4.66. The van der Waals surface area contributed by atoms with Gasteiger partial charge in [0.25, 0.3) is 0 Å². The Labute approximate surface area is 100 Å². The van der Waals surface area contributed by atoms with E-state index in [4.69, 9.17) is 0 Å². The third kappa shape index (κ3) is 2.43. The Kier molecular flexibility index (Phi) is 3.60. The molecule has 0 aromatic heterocycles. The lowest BCUT2D eigenvalue weighted by atomic mass is 9.67. The summed E-state index contributed by atoms with van der Waals surface area (Å²) in [6.07, 6.45) is 5.94. The predicted molar refractivity (Wildman–Crippen MR) is 67.3 cm³/mol. The molecule has 2 heteroatoms. The quantitative estimate of drug-likeness (QED) is 0.741. The Morgan fingerprint density at radius 2 is 1.94 bits per heavy atom. The minimum absolute atomic E-state index is 0.387. The number of likely N-dealkylation sites (N-methyl/N-ethyl adjacent to an activating group) is 1. The number of nitrogens with zero attached hydrogens (tertiary/aromatic N) is 1. The van der Waals surface area contributed by atoms with Gasteiger partial charge in [-0.25, -0.2) is 0 Å². The number of likely N-dealkylation sites (tertiary alicyclic amines) is 1. The number of piperidine rings is 1. The van der Waals surface area contributed by atoms with Crippen molar-refractivity contribution < 1.29 is 5.11 Å². The molecule has 0 bridgehead atoms. The molecule has 1 heterocycles. The van der Waals surface area contributed by atoms with Gasteiger partial charge in [-0.3, -0.25) is 0 Å². The third-order valence-corrected chi connectivity index (χ3v) is 5.05. The summed E-state index contributed by atoms with van der Waals surface area (Å²) in [5, 5.41) is 10.8. The molecule has 1 saturated heterocycles. The summed E-state index contributed by atoms with van der Waals surface area (Å²) in [5.74, 6) is 2.18. The van der Waals surface area contributed by atoms with Crippen molar-refractivity contribution in [3.8, 4) is 0 Å². The van der Waals surface area contributed by atoms with Crippen molar-refractivity contribution in [2.75, 3.05) is 20.1 Å². The monoisotopic (exact) mass is 225 g/mol. The molecule has 0 aromatic rings. The van der Waals surface area contributed by atoms with Gasteiger partial charge in [-0.2, -0.15) is 0 Å². The zero-order valence-corrected chi connectivity index (χ0v) is 11.1. The van der Waals surface area contributed by atoms with E-state index in [-0.39, 0.29) is 5.60 Å². The molecule has 1 aliphatic heterocycles. The Hall–Kier alpha value is -0.0800. The average molecular weight is 225 g/mol. The van der Waals surface area contributed by atoms with Crippen LogP contribution in [0.3, 0.4) is 0 Å². The molecule has 1 aliphatic carbocycles. The third-order valence-electron chi connectivity index (χ3n) is 5.05. The van der Waals surface area contributed by atoms with E-state index in [0.29, 0.717) is 5.92 Å². The second-order valence-electron chi connectivity index (χ2n) is 6.41. The van der Waals surface area contributed by atoms with E-state index < -0.39 is 0 Å². The molecular weight excluding hydrogens is 198 g/mol. The van der Waals surface area contributed by atoms with Crippen LogP contribution in [0.2, 0.25) is 0 Å². The maximum absolute atomic E-state index is 10.8. The summed E-state index contributed by atoms with van der Waals surface area (Å²) in [6, 6.07) is 0. The Balaban J connectivity index is 2.00. The lowest BCUT2D eigenvalue weighted by Crippen LogP contribution is -2.52. The van der Waals surface area contributed by atoms with Gasteiger partial charge in [-0.15, -0.1) is 0 Å². The van der Waals surface area contributed by atoms with Gasteiger partial charge in [0, 0.05) is 6.54 Å². The Morgan fingerprint density at radius 1 is 1.19 bits per heavy atom. The van der Waals surface area contributed by atoms with Crippen LogP contribution in [0.15, 0.2) is 0 Å². The van der Waals surface area contributed by atoms with Crippen molar-refractivity contribution in [3.05, 3.63) is 0 Å². The van der Waals surface area contributed by atoms with Gasteiger partial charge in [-0.1, -0.05) is 20.3 Å². The first-order valence-electron chi connectivity index (χ1n) is 6.92. The summed E-state index contributed by atoms with van der Waals surface area (Å²) < 4.78 is 0. The highest BCUT2D eigenvalue weighted by molar-refractivity contribution is 4.94. The van der Waals surface area contributed by atoms with E-state index in [1.54, 1.807) is 0 Å². The molecule has 0 amide bonds. The minimum Gasteiger partial charge on any atom is -0.388 e. The van der Waals surface area contributed by atoms with Crippen LogP contribution in [-0.2, 0) is 0 Å². The number of β-amino-alcohol motifs (C(OH)–C–C–N with tert-alkyl or cyclic N) is 1. The zero-order chi connectivity index (χ0) is 11.8. The maximum Gasteiger partial charge on any atom is 0.0802 e. The summed E-state index contributed by atoms with van der Waals surface area (Å²) in [5.41, 5.74) is -0.387. The minimum atomic E-state index is -0.387. The lowest BCUT2D eigenvalue weighted by molar-refractivity contribution is -0.0886. The second-order valence-corrected chi connectivity index (χ2v) is 6.41. The smallest absolute Gasteiger partial charge is 0.0802 e. The van der Waals surface area contributed by atoms with E-state index in [0.717, 1.165) is 37.8 Å². The largest absolute Gasteiger partial charge is 0.388 e. The molecule has 4 atom stereocenters. The summed E-state index contributed by atoms with van der Waals surface area (Å²) >= 11 is 0. The fourth-order valence-corrected chi connectivity index (χ4v) is 3.65. The molecule has 4 unspecified atom stereocenters. The average Bonchev–Trinajstić information content (AvgIpc) is 2.21. The summed E-state index contributed by atoms with van der Waals surface area (Å²) in [6.45, 7) is 6.75. The van der Waals surface area contributed by atoms with Gasteiger partial charge in [0.2, 0.25) is 0 Å². The Morgan fingerprint density at radius 3 is 2.56 bits per heavy atom. The number of hydrogen-bond donors (Lipinski definition) is 1. The van der Waals surface area contributed by atoms with Crippen molar-refractivity contribution in [1.82, 2.24) is 4.90 Å². The van der Waals surface area contributed by atoms with Crippen LogP contribution in [0.5, 0.6) is 0 Å². The van der Waals surface area contributed by atoms with Crippen molar-refractivity contribution in [3.63, 3.8) is 0 Å². The first-order chi connectivity index (χ1) is 7.51. The summed E-state index contributed by atoms with van der Waals surface area (Å²) in [4.78, 5) is 2.30. The fourth-order valence-electron chi connectivity index (χ4n) is 3.65. The number of aliphatic hydroxyl groups is 1. The van der Waals surface area contributed by atoms with Gasteiger partial charge < -0.3 is 10.0 Å². The van der Waals surface area contributed by atoms with E-state index in [1.165, 1.54) is 19.3 Å². The first kappa shape index (κ1) is 12.4. The van der Waals surface area contributed by atoms with E-state index in [1.807, 2.05) is 0 Å². The fraction of sp³-hybridized carbons (Fsp3) is 1.00. The highest BCUT2D eigenvalue weighted by Crippen LogP contribution is 2.41. The summed E-state index contributed by atoms with van der Waals surface area (Å²) in [7, 11) is 2.14. The molecule has 0 spiro atoms. The normalized spacial score (nSPS) is 46.9. The topological polar surface area (TPSA) is 23.5 Å². The highest BCUT2D eigenvalue weighted by atomic mass is 16.3. The van der Waals surface area contributed by atoms with Crippen LogP contribution in [0, 0.1) is 17.8 Å². The van der Waals surface area contributed by atoms with Gasteiger partial charge in [0.05, 0.1) is 5.60 Å². The van der Waals surface area contributed by atoms with E-state index in [9.17, 15) is 5.11 Å². The molecule has 0 aromatic carbocycles. The van der Waals surface area contributed by atoms with Crippen molar-refractivity contribution in [2.45, 2.75) is 51.6 Å². The van der Waals surface area contributed by atoms with Crippen LogP contribution >= 0.6 is 0 Å². The van der Waals surface area contributed by atoms with E-state index >= 15 is 0 Å². The molecule has 94 valence electrons. The van der Waals surface area contributed by atoms with Crippen LogP contribution in [0.25, 0.3) is 0 Å². The SMILES string of the molecule is CC1CCC(C2(O)CCCN(C)C2)CC1C. The van der Waals surface area contributed by atoms with Crippen LogP contribution in [0.4, 0.5) is 0 Å².